The number of benzene rings is 3. The first-order valence-corrected chi connectivity index (χ1v) is 12.9. The molecule has 1 aliphatic carbocycles. The first kappa shape index (κ1) is 23.8. The summed E-state index contributed by atoms with van der Waals surface area (Å²) in [4.78, 5) is 13.0. The van der Waals surface area contributed by atoms with E-state index in [0.717, 1.165) is 34.7 Å². The highest BCUT2D eigenvalue weighted by molar-refractivity contribution is 7.89. The molecular weight excluding hydrogens is 479 g/mol. The van der Waals surface area contributed by atoms with Gasteiger partial charge in [0.05, 0.1) is 17.6 Å². The van der Waals surface area contributed by atoms with Crippen molar-refractivity contribution >= 4 is 39.1 Å². The zero-order valence-corrected chi connectivity index (χ0v) is 20.2. The van der Waals surface area contributed by atoms with Crippen molar-refractivity contribution < 1.29 is 13.2 Å². The molecule has 172 valence electrons. The van der Waals surface area contributed by atoms with Crippen LogP contribution in [0, 0.1) is 0 Å². The monoisotopic (exact) mass is 502 g/mol. The quantitative estimate of drug-likeness (QED) is 0.471. The van der Waals surface area contributed by atoms with Crippen LogP contribution in [0.25, 0.3) is 0 Å². The van der Waals surface area contributed by atoms with Gasteiger partial charge in [0.2, 0.25) is 15.9 Å². The Labute approximate surface area is 204 Å². The highest BCUT2D eigenvalue weighted by atomic mass is 35.5. The molecule has 0 unspecified atom stereocenters. The molecular formula is C25H24Cl2N2O3S. The second kappa shape index (κ2) is 10.3. The molecule has 5 nitrogen and oxygen atoms in total. The summed E-state index contributed by atoms with van der Waals surface area (Å²) in [5.41, 5.74) is 3.07. The molecule has 0 radical (unpaired) electrons. The molecule has 0 saturated carbocycles. The van der Waals surface area contributed by atoms with Crippen molar-refractivity contribution in [3.8, 4) is 0 Å². The molecule has 3 aromatic carbocycles. The van der Waals surface area contributed by atoms with Crippen LogP contribution in [0.2, 0.25) is 10.0 Å². The summed E-state index contributed by atoms with van der Waals surface area (Å²) in [7, 11) is -4.09. The number of rotatable bonds is 7. The third kappa shape index (κ3) is 5.58. The van der Waals surface area contributed by atoms with Gasteiger partial charge in [-0.3, -0.25) is 4.79 Å². The number of carbonyl (C=O) groups excluding carboxylic acids is 1. The van der Waals surface area contributed by atoms with Gasteiger partial charge in [-0.2, -0.15) is 4.31 Å². The lowest BCUT2D eigenvalue weighted by Gasteiger charge is -2.28. The van der Waals surface area contributed by atoms with E-state index in [1.54, 1.807) is 0 Å². The first-order chi connectivity index (χ1) is 15.8. The van der Waals surface area contributed by atoms with Crippen molar-refractivity contribution in [1.29, 1.82) is 0 Å². The van der Waals surface area contributed by atoms with Gasteiger partial charge in [0, 0.05) is 11.6 Å². The van der Waals surface area contributed by atoms with Crippen LogP contribution >= 0.6 is 23.2 Å². The van der Waals surface area contributed by atoms with Crippen LogP contribution in [0.3, 0.4) is 0 Å². The maximum Gasteiger partial charge on any atom is 0.245 e. The zero-order valence-electron chi connectivity index (χ0n) is 17.9. The van der Waals surface area contributed by atoms with Gasteiger partial charge >= 0.3 is 0 Å². The summed E-state index contributed by atoms with van der Waals surface area (Å²) in [5.74, 6) is -0.366. The standard InChI is InChI=1S/C25H24Cl2N2O3S/c26-20-13-14-22(27)24(15-20)33(31,32)29(16-18-7-2-1-3-8-18)17-25(30)28-23-12-6-10-19-9-4-5-11-21(19)23/h1-5,7-9,11,13-15,23H,6,10,12,16-17H2,(H,28,30)/t23-/m1/s1. The number of halogens is 2. The largest absolute Gasteiger partial charge is 0.348 e. The average molecular weight is 503 g/mol. The van der Waals surface area contributed by atoms with Gasteiger partial charge in [-0.15, -0.1) is 0 Å². The van der Waals surface area contributed by atoms with Crippen molar-refractivity contribution in [2.45, 2.75) is 36.7 Å². The molecule has 1 aliphatic rings. The minimum atomic E-state index is -4.09. The smallest absolute Gasteiger partial charge is 0.245 e. The fourth-order valence-corrected chi connectivity index (χ4v) is 6.25. The Morgan fingerprint density at radius 3 is 2.52 bits per heavy atom. The number of hydrogen-bond donors (Lipinski definition) is 1. The molecule has 0 bridgehead atoms. The Morgan fingerprint density at radius 1 is 1.00 bits per heavy atom. The molecule has 3 aromatic rings. The normalized spacial score (nSPS) is 15.8. The third-order valence-electron chi connectivity index (χ3n) is 5.74. The number of carbonyl (C=O) groups is 1. The highest BCUT2D eigenvalue weighted by Crippen LogP contribution is 2.31. The van der Waals surface area contributed by atoms with E-state index in [1.165, 1.54) is 23.8 Å². The Hall–Kier alpha value is -2.38. The second-order valence-electron chi connectivity index (χ2n) is 8.04. The molecule has 4 rings (SSSR count). The number of fused-ring (bicyclic) bond motifs is 1. The molecule has 8 heteroatoms. The van der Waals surface area contributed by atoms with E-state index < -0.39 is 10.0 Å². The maximum atomic E-state index is 13.5. The minimum absolute atomic E-state index is 0.0285. The molecule has 1 atom stereocenters. The van der Waals surface area contributed by atoms with E-state index in [1.807, 2.05) is 48.5 Å². The lowest BCUT2D eigenvalue weighted by Crippen LogP contribution is -2.42. The minimum Gasteiger partial charge on any atom is -0.348 e. The zero-order chi connectivity index (χ0) is 23.4. The van der Waals surface area contributed by atoms with E-state index >= 15 is 0 Å². The van der Waals surface area contributed by atoms with Gasteiger partial charge < -0.3 is 5.32 Å². The van der Waals surface area contributed by atoms with Gasteiger partial charge in [-0.05, 0) is 54.2 Å². The van der Waals surface area contributed by atoms with Gasteiger partial charge in [0.25, 0.3) is 0 Å². The molecule has 1 amide bonds. The molecule has 1 N–H and O–H groups in total. The van der Waals surface area contributed by atoms with Crippen LogP contribution < -0.4 is 5.32 Å². The Bertz CT molecular complexity index is 1250. The van der Waals surface area contributed by atoms with Crippen molar-refractivity contribution in [3.05, 3.63) is 99.5 Å². The van der Waals surface area contributed by atoms with E-state index in [-0.39, 0.29) is 40.0 Å². The predicted octanol–water partition coefficient (Wildman–Crippen LogP) is 5.38. The number of aryl methyl sites for hydroxylation is 1. The van der Waals surface area contributed by atoms with Gasteiger partial charge in [-0.25, -0.2) is 8.42 Å². The lowest BCUT2D eigenvalue weighted by molar-refractivity contribution is -0.122. The second-order valence-corrected chi connectivity index (χ2v) is 10.8. The van der Waals surface area contributed by atoms with Crippen LogP contribution in [-0.4, -0.2) is 25.2 Å². The Balaban J connectivity index is 1.60. The van der Waals surface area contributed by atoms with Crippen molar-refractivity contribution in [2.75, 3.05) is 6.54 Å². The van der Waals surface area contributed by atoms with Crippen molar-refractivity contribution in [3.63, 3.8) is 0 Å². The van der Waals surface area contributed by atoms with E-state index in [9.17, 15) is 13.2 Å². The molecule has 0 heterocycles. The molecule has 0 aromatic heterocycles. The van der Waals surface area contributed by atoms with E-state index in [0.29, 0.717) is 0 Å². The highest BCUT2D eigenvalue weighted by Gasteiger charge is 2.30. The first-order valence-electron chi connectivity index (χ1n) is 10.7. The molecule has 0 aliphatic heterocycles. The van der Waals surface area contributed by atoms with Gasteiger partial charge in [0.15, 0.2) is 0 Å². The topological polar surface area (TPSA) is 66.5 Å². The summed E-state index contributed by atoms with van der Waals surface area (Å²) in [6, 6.07) is 21.3. The number of sulfonamides is 1. The molecule has 0 saturated heterocycles. The Kier molecular flexibility index (Phi) is 7.39. The molecule has 0 fully saturated rings. The summed E-state index contributed by atoms with van der Waals surface area (Å²) in [6.45, 7) is -0.306. The summed E-state index contributed by atoms with van der Waals surface area (Å²) >= 11 is 12.3. The lowest BCUT2D eigenvalue weighted by atomic mass is 9.88. The summed E-state index contributed by atoms with van der Waals surface area (Å²) in [6.07, 6.45) is 2.75. The number of amides is 1. The fraction of sp³-hybridized carbons (Fsp3) is 0.240. The maximum absolute atomic E-state index is 13.5. The summed E-state index contributed by atoms with van der Waals surface area (Å²) in [5, 5.41) is 3.34. The SMILES string of the molecule is O=C(CN(Cc1ccccc1)S(=O)(=O)c1cc(Cl)ccc1Cl)N[C@@H]1CCCc2ccccc21. The van der Waals surface area contributed by atoms with Crippen LogP contribution in [0.15, 0.2) is 77.7 Å². The average Bonchev–Trinajstić information content (AvgIpc) is 2.81. The van der Waals surface area contributed by atoms with Crippen LogP contribution in [-0.2, 0) is 27.8 Å². The van der Waals surface area contributed by atoms with Crippen molar-refractivity contribution in [1.82, 2.24) is 9.62 Å². The van der Waals surface area contributed by atoms with Crippen LogP contribution in [0.5, 0.6) is 0 Å². The van der Waals surface area contributed by atoms with E-state index in [2.05, 4.69) is 11.4 Å². The molecule has 33 heavy (non-hydrogen) atoms. The Morgan fingerprint density at radius 2 is 1.73 bits per heavy atom. The van der Waals surface area contributed by atoms with Crippen LogP contribution in [0.4, 0.5) is 0 Å². The third-order valence-corrected chi connectivity index (χ3v) is 8.25. The summed E-state index contributed by atoms with van der Waals surface area (Å²) < 4.78 is 28.2. The van der Waals surface area contributed by atoms with Crippen LogP contribution in [0.1, 0.15) is 35.6 Å². The fourth-order valence-electron chi connectivity index (χ4n) is 4.13. The number of nitrogens with one attached hydrogen (secondary N) is 1. The molecule has 0 spiro atoms. The van der Waals surface area contributed by atoms with Gasteiger partial charge in [0.1, 0.15) is 4.90 Å². The van der Waals surface area contributed by atoms with Gasteiger partial charge in [-0.1, -0.05) is 77.8 Å². The van der Waals surface area contributed by atoms with Crippen molar-refractivity contribution in [2.24, 2.45) is 0 Å². The number of nitrogens with zero attached hydrogens (tertiary/aromatic N) is 1. The number of hydrogen-bond acceptors (Lipinski definition) is 3. The van der Waals surface area contributed by atoms with E-state index in [4.69, 9.17) is 23.2 Å². The predicted molar refractivity (Wildman–Crippen MR) is 131 cm³/mol.